The highest BCUT2D eigenvalue weighted by Crippen LogP contribution is 2.46. The van der Waals surface area contributed by atoms with Crippen LogP contribution in [0.25, 0.3) is 10.9 Å². The summed E-state index contributed by atoms with van der Waals surface area (Å²) in [6, 6.07) is 6.73. The van der Waals surface area contributed by atoms with Crippen LogP contribution in [0.4, 0.5) is 0 Å². The van der Waals surface area contributed by atoms with Crippen LogP contribution >= 0.6 is 27.7 Å². The van der Waals surface area contributed by atoms with E-state index in [0.717, 1.165) is 0 Å². The SMILES string of the molecule is CSc1cccc2c1c(Br)cn2[Si](C(C)C)(C(C)C)C(C)C. The molecule has 0 fully saturated rings. The summed E-state index contributed by atoms with van der Waals surface area (Å²) in [5, 5.41) is 1.38. The number of halogens is 1. The second kappa shape index (κ2) is 6.74. The van der Waals surface area contributed by atoms with Crippen molar-refractivity contribution in [2.75, 3.05) is 6.26 Å². The van der Waals surface area contributed by atoms with Gasteiger partial charge in [0, 0.05) is 26.5 Å². The van der Waals surface area contributed by atoms with Gasteiger partial charge in [-0.2, -0.15) is 0 Å². The molecule has 0 aliphatic carbocycles. The summed E-state index contributed by atoms with van der Waals surface area (Å²) >= 11 is 5.67. The molecule has 1 aromatic heterocycles. The number of thioether (sulfide) groups is 1. The minimum Gasteiger partial charge on any atom is -0.372 e. The summed E-state index contributed by atoms with van der Waals surface area (Å²) < 4.78 is 3.93. The fourth-order valence-electron chi connectivity index (χ4n) is 4.53. The zero-order valence-electron chi connectivity index (χ0n) is 14.8. The Morgan fingerprint density at radius 3 is 2.00 bits per heavy atom. The molecule has 4 heteroatoms. The van der Waals surface area contributed by atoms with Gasteiger partial charge in [0.2, 0.25) is 0 Å². The molecule has 0 amide bonds. The van der Waals surface area contributed by atoms with Gasteiger partial charge in [-0.05, 0) is 50.9 Å². The number of hydrogen-bond acceptors (Lipinski definition) is 1. The van der Waals surface area contributed by atoms with E-state index in [9.17, 15) is 0 Å². The third-order valence-corrected chi connectivity index (χ3v) is 13.3. The van der Waals surface area contributed by atoms with Crippen molar-refractivity contribution >= 4 is 46.8 Å². The quantitative estimate of drug-likeness (QED) is 0.382. The summed E-state index contributed by atoms with van der Waals surface area (Å²) in [7, 11) is -1.71. The fraction of sp³-hybridized carbons (Fsp3) is 0.556. The number of aromatic nitrogens is 1. The van der Waals surface area contributed by atoms with Crippen molar-refractivity contribution in [2.24, 2.45) is 0 Å². The van der Waals surface area contributed by atoms with Crippen LogP contribution in [-0.4, -0.2) is 18.7 Å². The molecule has 0 spiro atoms. The van der Waals surface area contributed by atoms with Gasteiger partial charge in [0.15, 0.2) is 8.24 Å². The van der Waals surface area contributed by atoms with Crippen molar-refractivity contribution in [3.8, 4) is 0 Å². The second-order valence-corrected chi connectivity index (χ2v) is 14.5. The van der Waals surface area contributed by atoms with E-state index in [0.29, 0.717) is 16.6 Å². The first-order valence-electron chi connectivity index (χ1n) is 8.12. The van der Waals surface area contributed by atoms with Crippen LogP contribution in [0, 0.1) is 0 Å². The van der Waals surface area contributed by atoms with Crippen LogP contribution in [0.2, 0.25) is 16.6 Å². The molecule has 2 rings (SSSR count). The van der Waals surface area contributed by atoms with Gasteiger partial charge in [0.05, 0.1) is 0 Å². The zero-order valence-corrected chi connectivity index (χ0v) is 18.2. The first-order valence-corrected chi connectivity index (χ1v) is 12.3. The van der Waals surface area contributed by atoms with Gasteiger partial charge >= 0.3 is 0 Å². The molecular formula is C18H28BrNSSi. The van der Waals surface area contributed by atoms with Crippen LogP contribution in [0.3, 0.4) is 0 Å². The molecule has 1 aromatic carbocycles. The van der Waals surface area contributed by atoms with Gasteiger partial charge in [-0.15, -0.1) is 11.8 Å². The normalized spacial score (nSPS) is 13.0. The van der Waals surface area contributed by atoms with E-state index in [1.807, 2.05) is 11.8 Å². The van der Waals surface area contributed by atoms with Crippen LogP contribution in [0.1, 0.15) is 41.5 Å². The zero-order chi connectivity index (χ0) is 16.7. The van der Waals surface area contributed by atoms with Crippen LogP contribution in [0.5, 0.6) is 0 Å². The average molecular weight is 398 g/mol. The minimum absolute atomic E-state index is 0.702. The molecular weight excluding hydrogens is 370 g/mol. The highest BCUT2D eigenvalue weighted by molar-refractivity contribution is 9.10. The maximum Gasteiger partial charge on any atom is 0.169 e. The predicted molar refractivity (Wildman–Crippen MR) is 108 cm³/mol. The van der Waals surface area contributed by atoms with E-state index < -0.39 is 8.24 Å². The molecule has 0 N–H and O–H groups in total. The van der Waals surface area contributed by atoms with Gasteiger partial charge < -0.3 is 4.23 Å². The summed E-state index contributed by atoms with van der Waals surface area (Å²) in [4.78, 5) is 1.36. The largest absolute Gasteiger partial charge is 0.372 e. The maximum absolute atomic E-state index is 3.84. The molecule has 22 heavy (non-hydrogen) atoms. The molecule has 0 radical (unpaired) electrons. The lowest BCUT2D eigenvalue weighted by Crippen LogP contribution is -2.51. The van der Waals surface area contributed by atoms with Crippen molar-refractivity contribution in [3.63, 3.8) is 0 Å². The van der Waals surface area contributed by atoms with Crippen molar-refractivity contribution in [2.45, 2.75) is 63.1 Å². The molecule has 0 aliphatic heterocycles. The van der Waals surface area contributed by atoms with Crippen molar-refractivity contribution < 1.29 is 0 Å². The third-order valence-electron chi connectivity index (χ3n) is 5.16. The number of hydrogen-bond donors (Lipinski definition) is 0. The van der Waals surface area contributed by atoms with Gasteiger partial charge in [-0.3, -0.25) is 0 Å². The molecule has 0 atom stereocenters. The van der Waals surface area contributed by atoms with Crippen LogP contribution in [-0.2, 0) is 0 Å². The Hall–Kier alpha value is -0.193. The topological polar surface area (TPSA) is 4.93 Å². The lowest BCUT2D eigenvalue weighted by molar-refractivity contribution is 0.772. The lowest BCUT2D eigenvalue weighted by Gasteiger charge is -2.44. The summed E-state index contributed by atoms with van der Waals surface area (Å²) in [5.74, 6) is 0. The molecule has 0 bridgehead atoms. The summed E-state index contributed by atoms with van der Waals surface area (Å²) in [5.41, 5.74) is 3.51. The summed E-state index contributed by atoms with van der Waals surface area (Å²) in [6.45, 7) is 14.5. The molecule has 0 aliphatic rings. The van der Waals surface area contributed by atoms with Gasteiger partial charge in [-0.1, -0.05) is 47.6 Å². The van der Waals surface area contributed by atoms with Gasteiger partial charge in [0.1, 0.15) is 0 Å². The maximum atomic E-state index is 3.84. The van der Waals surface area contributed by atoms with Crippen molar-refractivity contribution in [1.29, 1.82) is 0 Å². The number of fused-ring (bicyclic) bond motifs is 1. The van der Waals surface area contributed by atoms with Crippen LogP contribution in [0.15, 0.2) is 33.8 Å². The Labute approximate surface area is 149 Å². The van der Waals surface area contributed by atoms with Crippen molar-refractivity contribution in [3.05, 3.63) is 28.9 Å². The fourth-order valence-corrected chi connectivity index (χ4v) is 12.7. The first-order chi connectivity index (χ1) is 10.3. The lowest BCUT2D eigenvalue weighted by atomic mass is 10.2. The Bertz CT molecular complexity index is 639. The van der Waals surface area contributed by atoms with E-state index in [2.05, 4.69) is 92.4 Å². The Morgan fingerprint density at radius 2 is 1.55 bits per heavy atom. The average Bonchev–Trinajstić information content (AvgIpc) is 2.76. The smallest absolute Gasteiger partial charge is 0.169 e. The minimum atomic E-state index is -1.71. The second-order valence-electron chi connectivity index (χ2n) is 7.05. The number of rotatable bonds is 5. The molecule has 0 saturated carbocycles. The highest BCUT2D eigenvalue weighted by Gasteiger charge is 2.46. The molecule has 0 unspecified atom stereocenters. The molecule has 1 heterocycles. The van der Waals surface area contributed by atoms with Gasteiger partial charge in [-0.25, -0.2) is 0 Å². The predicted octanol–water partition coefficient (Wildman–Crippen LogP) is 7.15. The first kappa shape index (κ1) is 18.1. The molecule has 122 valence electrons. The number of nitrogens with zero attached hydrogens (tertiary/aromatic N) is 1. The standard InChI is InChI=1S/C18H28BrNSSi/c1-12(2)22(13(3)4,14(5)6)20-11-15(19)18-16(20)9-8-10-17(18)21-7/h8-14H,1-7H3. The third kappa shape index (κ3) is 2.61. The van der Waals surface area contributed by atoms with E-state index in [-0.39, 0.29) is 0 Å². The Morgan fingerprint density at radius 1 is 1.00 bits per heavy atom. The molecule has 1 nitrogen and oxygen atoms in total. The Balaban J connectivity index is 2.87. The van der Waals surface area contributed by atoms with E-state index in [1.54, 1.807) is 0 Å². The Kier molecular flexibility index (Phi) is 5.56. The van der Waals surface area contributed by atoms with Crippen molar-refractivity contribution in [1.82, 2.24) is 4.23 Å². The van der Waals surface area contributed by atoms with Crippen LogP contribution < -0.4 is 0 Å². The molecule has 2 aromatic rings. The monoisotopic (exact) mass is 397 g/mol. The molecule has 0 saturated heterocycles. The van der Waals surface area contributed by atoms with Gasteiger partial charge in [0.25, 0.3) is 0 Å². The van der Waals surface area contributed by atoms with E-state index >= 15 is 0 Å². The number of benzene rings is 1. The summed E-state index contributed by atoms with van der Waals surface area (Å²) in [6.07, 6.45) is 4.53. The van der Waals surface area contributed by atoms with E-state index in [1.165, 1.54) is 20.3 Å². The van der Waals surface area contributed by atoms with E-state index in [4.69, 9.17) is 0 Å². The highest BCUT2D eigenvalue weighted by atomic mass is 79.9.